The van der Waals surface area contributed by atoms with Gasteiger partial charge in [0, 0.05) is 6.42 Å². The molecule has 1 saturated heterocycles. The Morgan fingerprint density at radius 2 is 2.00 bits per heavy atom. The third-order valence-corrected chi connectivity index (χ3v) is 1.96. The van der Waals surface area contributed by atoms with Crippen LogP contribution < -0.4 is 0 Å². The van der Waals surface area contributed by atoms with Crippen molar-refractivity contribution >= 4 is 23.2 Å². The lowest BCUT2D eigenvalue weighted by atomic mass is 10.2. The second-order valence-electron chi connectivity index (χ2n) is 2.34. The number of rotatable bonds is 0. The van der Waals surface area contributed by atoms with E-state index < -0.39 is 0 Å². The first-order chi connectivity index (χ1) is 4.80. The van der Waals surface area contributed by atoms with Gasteiger partial charge >= 0.3 is 0 Å². The molecule has 0 aromatic rings. The number of hydrogen-bond acceptors (Lipinski definition) is 1. The molecule has 1 nitrogen and oxygen atoms in total. The van der Waals surface area contributed by atoms with Gasteiger partial charge in [-0.15, -0.1) is 0 Å². The molecule has 0 radical (unpaired) electrons. The van der Waals surface area contributed by atoms with Crippen molar-refractivity contribution in [1.29, 1.82) is 0 Å². The quantitative estimate of drug-likeness (QED) is 0.557. The summed E-state index contributed by atoms with van der Waals surface area (Å²) in [6, 6.07) is 0. The summed E-state index contributed by atoms with van der Waals surface area (Å²) in [6.07, 6.45) is 4.36. The predicted octanol–water partition coefficient (Wildman–Crippen LogP) is 3.22. The summed E-state index contributed by atoms with van der Waals surface area (Å²) in [7, 11) is 0. The van der Waals surface area contributed by atoms with Gasteiger partial charge in [0.15, 0.2) is 0 Å². The van der Waals surface area contributed by atoms with Crippen molar-refractivity contribution in [2.45, 2.75) is 25.7 Å². The highest BCUT2D eigenvalue weighted by Crippen LogP contribution is 2.23. The zero-order valence-corrected chi connectivity index (χ0v) is 7.21. The van der Waals surface area contributed by atoms with Gasteiger partial charge in [0.1, 0.15) is 10.3 Å². The van der Waals surface area contributed by atoms with Crippen LogP contribution in [0, 0.1) is 0 Å². The van der Waals surface area contributed by atoms with Crippen molar-refractivity contribution in [2.75, 3.05) is 6.61 Å². The summed E-state index contributed by atoms with van der Waals surface area (Å²) in [4.78, 5) is 0. The zero-order valence-electron chi connectivity index (χ0n) is 5.70. The summed E-state index contributed by atoms with van der Waals surface area (Å²) in [5, 5.41) is 0. The molecule has 0 N–H and O–H groups in total. The lowest BCUT2D eigenvalue weighted by Gasteiger charge is -2.03. The van der Waals surface area contributed by atoms with Crippen LogP contribution in [0.25, 0.3) is 0 Å². The molecule has 0 saturated carbocycles. The predicted molar refractivity (Wildman–Crippen MR) is 43.2 cm³/mol. The van der Waals surface area contributed by atoms with Crippen LogP contribution in [0.5, 0.6) is 0 Å². The summed E-state index contributed by atoms with van der Waals surface area (Å²) in [5.41, 5.74) is 0. The Labute approximate surface area is 71.0 Å². The third kappa shape index (κ3) is 2.39. The highest BCUT2D eigenvalue weighted by Gasteiger charge is 2.07. The fourth-order valence-corrected chi connectivity index (χ4v) is 1.28. The fraction of sp³-hybridized carbons (Fsp3) is 0.714. The Balaban J connectivity index is 2.51. The maximum atomic E-state index is 5.55. The number of hydrogen-bond donors (Lipinski definition) is 0. The van der Waals surface area contributed by atoms with Crippen LogP contribution in [0.1, 0.15) is 25.7 Å². The molecule has 0 aromatic carbocycles. The molecule has 10 heavy (non-hydrogen) atoms. The average molecular weight is 181 g/mol. The van der Waals surface area contributed by atoms with Crippen LogP contribution in [-0.4, -0.2) is 6.61 Å². The van der Waals surface area contributed by atoms with E-state index in [9.17, 15) is 0 Å². The van der Waals surface area contributed by atoms with E-state index >= 15 is 0 Å². The molecule has 0 aromatic heterocycles. The van der Waals surface area contributed by atoms with Gasteiger partial charge in [0.2, 0.25) is 0 Å². The first-order valence-electron chi connectivity index (χ1n) is 3.47. The van der Waals surface area contributed by atoms with Crippen molar-refractivity contribution in [1.82, 2.24) is 0 Å². The molecule has 58 valence electrons. The third-order valence-electron chi connectivity index (χ3n) is 1.54. The highest BCUT2D eigenvalue weighted by molar-refractivity contribution is 6.56. The van der Waals surface area contributed by atoms with Crippen LogP contribution >= 0.6 is 23.2 Å². The SMILES string of the molecule is ClC(Cl)=C1CCCCCO1. The van der Waals surface area contributed by atoms with Gasteiger partial charge in [0.25, 0.3) is 0 Å². The first kappa shape index (κ1) is 8.22. The van der Waals surface area contributed by atoms with E-state index in [1.165, 1.54) is 6.42 Å². The van der Waals surface area contributed by atoms with E-state index in [1.807, 2.05) is 0 Å². The molecule has 3 heteroatoms. The van der Waals surface area contributed by atoms with Crippen LogP contribution in [0.2, 0.25) is 0 Å². The van der Waals surface area contributed by atoms with Gasteiger partial charge in [-0.25, -0.2) is 0 Å². The number of halogens is 2. The summed E-state index contributed by atoms with van der Waals surface area (Å²) in [5.74, 6) is 0.765. The minimum absolute atomic E-state index is 0.293. The number of allylic oxidation sites excluding steroid dienone is 1. The van der Waals surface area contributed by atoms with Crippen molar-refractivity contribution in [2.24, 2.45) is 0 Å². The maximum Gasteiger partial charge on any atom is 0.144 e. The first-order valence-corrected chi connectivity index (χ1v) is 4.23. The second-order valence-corrected chi connectivity index (χ2v) is 3.29. The average Bonchev–Trinajstić information content (AvgIpc) is 2.12. The van der Waals surface area contributed by atoms with E-state index in [-0.39, 0.29) is 0 Å². The smallest absolute Gasteiger partial charge is 0.144 e. The van der Waals surface area contributed by atoms with Gasteiger partial charge in [0.05, 0.1) is 6.61 Å². The molecular formula is C7H10Cl2O. The maximum absolute atomic E-state index is 5.55. The van der Waals surface area contributed by atoms with E-state index in [0.29, 0.717) is 4.49 Å². The molecule has 0 bridgehead atoms. The van der Waals surface area contributed by atoms with Gasteiger partial charge in [-0.1, -0.05) is 23.2 Å². The van der Waals surface area contributed by atoms with Crippen LogP contribution in [0.15, 0.2) is 10.3 Å². The standard InChI is InChI=1S/C7H10Cl2O/c8-7(9)6-4-2-1-3-5-10-6/h1-5H2. The Morgan fingerprint density at radius 1 is 1.20 bits per heavy atom. The van der Waals surface area contributed by atoms with Crippen molar-refractivity contribution in [3.05, 3.63) is 10.3 Å². The Kier molecular flexibility index (Phi) is 3.36. The molecule has 1 aliphatic heterocycles. The molecule has 0 amide bonds. The van der Waals surface area contributed by atoms with Crippen LogP contribution in [0.3, 0.4) is 0 Å². The molecule has 1 heterocycles. The van der Waals surface area contributed by atoms with Gasteiger partial charge in [-0.2, -0.15) is 0 Å². The molecule has 0 aliphatic carbocycles. The van der Waals surface area contributed by atoms with E-state index in [2.05, 4.69) is 0 Å². The molecule has 1 fully saturated rings. The largest absolute Gasteiger partial charge is 0.495 e. The van der Waals surface area contributed by atoms with Gasteiger partial charge < -0.3 is 4.74 Å². The summed E-state index contributed by atoms with van der Waals surface area (Å²) >= 11 is 11.1. The minimum Gasteiger partial charge on any atom is -0.495 e. The van der Waals surface area contributed by atoms with Gasteiger partial charge in [-0.3, -0.25) is 0 Å². The topological polar surface area (TPSA) is 9.23 Å². The molecule has 0 spiro atoms. The monoisotopic (exact) mass is 180 g/mol. The second kappa shape index (κ2) is 4.09. The Morgan fingerprint density at radius 3 is 2.70 bits per heavy atom. The Bertz CT molecular complexity index is 129. The van der Waals surface area contributed by atoms with Crippen LogP contribution in [-0.2, 0) is 4.74 Å². The van der Waals surface area contributed by atoms with E-state index in [4.69, 9.17) is 27.9 Å². The molecule has 0 unspecified atom stereocenters. The lowest BCUT2D eigenvalue weighted by molar-refractivity contribution is 0.213. The molecule has 1 rings (SSSR count). The number of ether oxygens (including phenoxy) is 1. The highest BCUT2D eigenvalue weighted by atomic mass is 35.5. The van der Waals surface area contributed by atoms with Crippen LogP contribution in [0.4, 0.5) is 0 Å². The Hall–Kier alpha value is 0.120. The van der Waals surface area contributed by atoms with E-state index in [0.717, 1.165) is 31.6 Å². The zero-order chi connectivity index (χ0) is 7.40. The fourth-order valence-electron chi connectivity index (χ4n) is 0.981. The summed E-state index contributed by atoms with van der Waals surface area (Å²) in [6.45, 7) is 0.762. The molecular weight excluding hydrogens is 171 g/mol. The van der Waals surface area contributed by atoms with Crippen molar-refractivity contribution < 1.29 is 4.74 Å². The van der Waals surface area contributed by atoms with E-state index in [1.54, 1.807) is 0 Å². The lowest BCUT2D eigenvalue weighted by Crippen LogP contribution is -1.90. The normalized spacial score (nSPS) is 19.6. The molecule has 1 aliphatic rings. The molecule has 0 atom stereocenters. The van der Waals surface area contributed by atoms with Crippen molar-refractivity contribution in [3.63, 3.8) is 0 Å². The van der Waals surface area contributed by atoms with Gasteiger partial charge in [-0.05, 0) is 19.3 Å². The minimum atomic E-state index is 0.293. The van der Waals surface area contributed by atoms with Crippen molar-refractivity contribution in [3.8, 4) is 0 Å². The summed E-state index contributed by atoms with van der Waals surface area (Å²) < 4.78 is 5.57.